The average molecular weight is 435 g/mol. The van der Waals surface area contributed by atoms with Gasteiger partial charge in [-0.05, 0) is 37.5 Å². The number of rotatable bonds is 6. The predicted molar refractivity (Wildman–Crippen MR) is 119 cm³/mol. The highest BCUT2D eigenvalue weighted by molar-refractivity contribution is 6.01. The van der Waals surface area contributed by atoms with Gasteiger partial charge < -0.3 is 25.2 Å². The Labute approximate surface area is 185 Å². The largest absolute Gasteiger partial charge is 0.488 e. The Bertz CT molecular complexity index is 1150. The third-order valence-electron chi connectivity index (χ3n) is 5.45. The summed E-state index contributed by atoms with van der Waals surface area (Å²) >= 11 is 0. The van der Waals surface area contributed by atoms with Crippen LogP contribution >= 0.6 is 0 Å². The van der Waals surface area contributed by atoms with Crippen molar-refractivity contribution in [2.45, 2.75) is 32.5 Å². The van der Waals surface area contributed by atoms with Crippen LogP contribution in [0.5, 0.6) is 11.5 Å². The Kier molecular flexibility index (Phi) is 6.11. The van der Waals surface area contributed by atoms with Gasteiger partial charge in [0.1, 0.15) is 24.2 Å². The number of primary amides is 1. The van der Waals surface area contributed by atoms with E-state index in [4.69, 9.17) is 15.2 Å². The predicted octanol–water partition coefficient (Wildman–Crippen LogP) is 3.74. The van der Waals surface area contributed by atoms with E-state index in [-0.39, 0.29) is 18.3 Å². The smallest absolute Gasteiger partial charge is 0.407 e. The van der Waals surface area contributed by atoms with Crippen molar-refractivity contribution < 1.29 is 24.2 Å². The van der Waals surface area contributed by atoms with Gasteiger partial charge in [-0.25, -0.2) is 4.79 Å². The molecule has 0 radical (unpaired) electrons. The zero-order valence-electron chi connectivity index (χ0n) is 17.8. The van der Waals surface area contributed by atoms with Crippen molar-refractivity contribution in [1.29, 1.82) is 0 Å². The van der Waals surface area contributed by atoms with Gasteiger partial charge in [-0.1, -0.05) is 30.3 Å². The first-order valence-corrected chi connectivity index (χ1v) is 10.5. The lowest BCUT2D eigenvalue weighted by Crippen LogP contribution is -2.43. The molecule has 2 amide bonds. The van der Waals surface area contributed by atoms with Crippen LogP contribution < -0.4 is 15.2 Å². The number of nitrogens with zero attached hydrogens (tertiary/aromatic N) is 2. The molecule has 0 saturated carbocycles. The number of aryl methyl sites for hydroxylation is 1. The molecule has 0 spiro atoms. The van der Waals surface area contributed by atoms with Crippen molar-refractivity contribution in [2.24, 2.45) is 5.73 Å². The highest BCUT2D eigenvalue weighted by Gasteiger charge is 2.25. The highest BCUT2D eigenvalue weighted by atomic mass is 16.5. The topological polar surface area (TPSA) is 115 Å². The normalized spacial score (nSPS) is 16.0. The van der Waals surface area contributed by atoms with E-state index in [2.05, 4.69) is 4.98 Å². The van der Waals surface area contributed by atoms with E-state index in [1.54, 1.807) is 12.1 Å². The monoisotopic (exact) mass is 435 g/mol. The molecule has 1 saturated heterocycles. The van der Waals surface area contributed by atoms with Crippen LogP contribution in [-0.2, 0) is 6.61 Å². The molecule has 0 unspecified atom stereocenters. The molecule has 1 aliphatic heterocycles. The number of benzene rings is 2. The number of aromatic nitrogens is 1. The van der Waals surface area contributed by atoms with Gasteiger partial charge in [0.15, 0.2) is 0 Å². The summed E-state index contributed by atoms with van der Waals surface area (Å²) in [5.74, 6) is 0.315. The highest BCUT2D eigenvalue weighted by Crippen LogP contribution is 2.33. The molecule has 32 heavy (non-hydrogen) atoms. The maximum atomic E-state index is 12.1. The minimum absolute atomic E-state index is 0.243. The van der Waals surface area contributed by atoms with Crippen molar-refractivity contribution >= 4 is 22.9 Å². The van der Waals surface area contributed by atoms with Gasteiger partial charge in [-0.3, -0.25) is 9.78 Å². The van der Waals surface area contributed by atoms with Crippen LogP contribution in [-0.4, -0.2) is 46.2 Å². The molecule has 2 heterocycles. The Hall–Kier alpha value is -3.81. The van der Waals surface area contributed by atoms with Gasteiger partial charge in [-0.15, -0.1) is 0 Å². The molecule has 1 atom stereocenters. The van der Waals surface area contributed by atoms with E-state index in [1.807, 2.05) is 43.3 Å². The number of pyridine rings is 1. The van der Waals surface area contributed by atoms with Gasteiger partial charge >= 0.3 is 6.09 Å². The number of hydrogen-bond acceptors (Lipinski definition) is 5. The summed E-state index contributed by atoms with van der Waals surface area (Å²) in [5, 5.41) is 9.99. The van der Waals surface area contributed by atoms with E-state index < -0.39 is 12.0 Å². The number of carboxylic acid groups (broad SMARTS) is 1. The number of hydrogen-bond donors (Lipinski definition) is 2. The van der Waals surface area contributed by atoms with Gasteiger partial charge in [0.05, 0.1) is 17.6 Å². The number of amides is 2. The molecule has 0 aliphatic carbocycles. The summed E-state index contributed by atoms with van der Waals surface area (Å²) < 4.78 is 12.2. The maximum Gasteiger partial charge on any atom is 0.407 e. The first kappa shape index (κ1) is 21.4. The second kappa shape index (κ2) is 9.13. The molecule has 2 aromatic carbocycles. The number of carbonyl (C=O) groups excluding carboxylic acids is 1. The first-order valence-electron chi connectivity index (χ1n) is 10.5. The standard InChI is InChI=1S/C24H25N3O5/c1-15-10-22(32-17-8-5-9-27(13-17)24(29)30)18-12-21(19(23(25)28)11-20(18)26-15)31-14-16-6-3-2-4-7-16/h2-4,6-7,10-12,17H,5,8-9,13-14H2,1H3,(H2,25,28)(H,29,30)/t17-/m1/s1. The number of carbonyl (C=O) groups is 2. The van der Waals surface area contributed by atoms with E-state index in [0.29, 0.717) is 41.2 Å². The molecular formula is C24H25N3O5. The molecule has 0 bridgehead atoms. The maximum absolute atomic E-state index is 12.1. The van der Waals surface area contributed by atoms with Gasteiger partial charge in [0.25, 0.3) is 5.91 Å². The molecule has 1 aliphatic rings. The molecule has 8 nitrogen and oxygen atoms in total. The summed E-state index contributed by atoms with van der Waals surface area (Å²) in [4.78, 5) is 29.3. The molecule has 166 valence electrons. The average Bonchev–Trinajstić information content (AvgIpc) is 2.78. The van der Waals surface area contributed by atoms with Crippen molar-refractivity contribution in [1.82, 2.24) is 9.88 Å². The fraction of sp³-hybridized carbons (Fsp3) is 0.292. The Morgan fingerprint density at radius 1 is 1.19 bits per heavy atom. The summed E-state index contributed by atoms with van der Waals surface area (Å²) in [6.45, 7) is 2.92. The lowest BCUT2D eigenvalue weighted by Gasteiger charge is -2.31. The quantitative estimate of drug-likeness (QED) is 0.609. The summed E-state index contributed by atoms with van der Waals surface area (Å²) in [6, 6.07) is 14.8. The van der Waals surface area contributed by atoms with E-state index in [0.717, 1.165) is 18.4 Å². The SMILES string of the molecule is Cc1cc(O[C@@H]2CCCN(C(=O)O)C2)c2cc(OCc3ccccc3)c(C(N)=O)cc2n1. The van der Waals surface area contributed by atoms with E-state index >= 15 is 0 Å². The molecular weight excluding hydrogens is 410 g/mol. The first-order chi connectivity index (χ1) is 15.4. The molecule has 3 N–H and O–H groups in total. The third-order valence-corrected chi connectivity index (χ3v) is 5.45. The van der Waals surface area contributed by atoms with Crippen LogP contribution in [0.3, 0.4) is 0 Å². The third kappa shape index (κ3) is 4.74. The minimum Gasteiger partial charge on any atom is -0.488 e. The summed E-state index contributed by atoms with van der Waals surface area (Å²) in [7, 11) is 0. The van der Waals surface area contributed by atoms with Crippen molar-refractivity contribution in [3.63, 3.8) is 0 Å². The van der Waals surface area contributed by atoms with Crippen LogP contribution in [0.15, 0.2) is 48.5 Å². The summed E-state index contributed by atoms with van der Waals surface area (Å²) in [6.07, 6.45) is 0.269. The van der Waals surface area contributed by atoms with Crippen LogP contribution in [0.1, 0.15) is 34.5 Å². The number of piperidine rings is 1. The fourth-order valence-corrected chi connectivity index (χ4v) is 3.88. The van der Waals surface area contributed by atoms with Crippen LogP contribution in [0.4, 0.5) is 4.79 Å². The van der Waals surface area contributed by atoms with Gasteiger partial charge in [0, 0.05) is 23.7 Å². The molecule has 1 aromatic heterocycles. The molecule has 8 heteroatoms. The second-order valence-electron chi connectivity index (χ2n) is 7.88. The molecule has 1 fully saturated rings. The molecule has 4 rings (SSSR count). The van der Waals surface area contributed by atoms with E-state index in [1.165, 1.54) is 4.90 Å². The number of likely N-dealkylation sites (tertiary alicyclic amines) is 1. The van der Waals surface area contributed by atoms with Gasteiger partial charge in [-0.2, -0.15) is 0 Å². The number of ether oxygens (including phenoxy) is 2. The molecule has 3 aromatic rings. The lowest BCUT2D eigenvalue weighted by molar-refractivity contribution is 0.0799. The second-order valence-corrected chi connectivity index (χ2v) is 7.88. The van der Waals surface area contributed by atoms with Gasteiger partial charge in [0.2, 0.25) is 0 Å². The van der Waals surface area contributed by atoms with Crippen molar-refractivity contribution in [3.8, 4) is 11.5 Å². The zero-order valence-corrected chi connectivity index (χ0v) is 17.8. The van der Waals surface area contributed by atoms with Crippen LogP contribution in [0.25, 0.3) is 10.9 Å². The summed E-state index contributed by atoms with van der Waals surface area (Å²) in [5.41, 5.74) is 8.08. The zero-order chi connectivity index (χ0) is 22.7. The van der Waals surface area contributed by atoms with E-state index in [9.17, 15) is 14.7 Å². The van der Waals surface area contributed by atoms with Crippen molar-refractivity contribution in [2.75, 3.05) is 13.1 Å². The van der Waals surface area contributed by atoms with Crippen LogP contribution in [0, 0.1) is 6.92 Å². The fourth-order valence-electron chi connectivity index (χ4n) is 3.88. The Morgan fingerprint density at radius 2 is 1.97 bits per heavy atom. The Balaban J connectivity index is 1.68. The van der Waals surface area contributed by atoms with Crippen molar-refractivity contribution in [3.05, 3.63) is 65.4 Å². The minimum atomic E-state index is -0.947. The number of nitrogens with two attached hydrogens (primary N) is 1. The number of fused-ring (bicyclic) bond motifs is 1. The lowest BCUT2D eigenvalue weighted by atomic mass is 10.1. The van der Waals surface area contributed by atoms with Crippen LogP contribution in [0.2, 0.25) is 0 Å². The Morgan fingerprint density at radius 3 is 2.69 bits per heavy atom.